The number of benzene rings is 1. The van der Waals surface area contributed by atoms with Crippen LogP contribution in [0.5, 0.6) is 0 Å². The van der Waals surface area contributed by atoms with Crippen molar-refractivity contribution in [2.24, 2.45) is 0 Å². The van der Waals surface area contributed by atoms with Crippen molar-refractivity contribution in [1.82, 2.24) is 10.2 Å². The van der Waals surface area contributed by atoms with Crippen LogP contribution in [0.15, 0.2) is 30.3 Å². The lowest BCUT2D eigenvalue weighted by molar-refractivity contribution is 0.170. The molecule has 4 nitrogen and oxygen atoms in total. The number of carbonyl (C=O) groups excluding carboxylic acids is 1. The van der Waals surface area contributed by atoms with Gasteiger partial charge < -0.3 is 4.90 Å². The van der Waals surface area contributed by atoms with Crippen LogP contribution in [0.25, 0.3) is 0 Å². The van der Waals surface area contributed by atoms with Gasteiger partial charge in [-0.05, 0) is 18.9 Å². The fourth-order valence-electron chi connectivity index (χ4n) is 2.43. The molecule has 0 aliphatic carbocycles. The Morgan fingerprint density at radius 1 is 1.33 bits per heavy atom. The smallest absolute Gasteiger partial charge is 0.308 e. The summed E-state index contributed by atoms with van der Waals surface area (Å²) < 4.78 is 0. The molecule has 2 N–H and O–H groups in total. The molecule has 1 saturated heterocycles. The van der Waals surface area contributed by atoms with Crippen LogP contribution >= 0.6 is 0 Å². The van der Waals surface area contributed by atoms with Gasteiger partial charge in [0.1, 0.15) is 5.84 Å². The van der Waals surface area contributed by atoms with Crippen LogP contribution in [0.4, 0.5) is 4.79 Å². The van der Waals surface area contributed by atoms with E-state index in [-0.39, 0.29) is 6.03 Å². The highest BCUT2D eigenvalue weighted by Gasteiger charge is 2.45. The van der Waals surface area contributed by atoms with E-state index in [0.29, 0.717) is 12.4 Å². The minimum Gasteiger partial charge on any atom is -0.308 e. The number of amides is 2. The van der Waals surface area contributed by atoms with E-state index >= 15 is 0 Å². The minimum absolute atomic E-state index is 0.167. The van der Waals surface area contributed by atoms with Crippen molar-refractivity contribution in [2.45, 2.75) is 38.8 Å². The summed E-state index contributed by atoms with van der Waals surface area (Å²) in [6, 6.07) is 9.72. The van der Waals surface area contributed by atoms with Gasteiger partial charge in [0, 0.05) is 6.54 Å². The first-order valence-corrected chi connectivity index (χ1v) is 6.29. The van der Waals surface area contributed by atoms with Crippen LogP contribution in [0.2, 0.25) is 0 Å². The predicted molar refractivity (Wildman–Crippen MR) is 71.6 cm³/mol. The van der Waals surface area contributed by atoms with E-state index in [1.165, 1.54) is 0 Å². The third-order valence-corrected chi connectivity index (χ3v) is 3.53. The van der Waals surface area contributed by atoms with Gasteiger partial charge in [0.05, 0.1) is 5.54 Å². The maximum atomic E-state index is 12.0. The summed E-state index contributed by atoms with van der Waals surface area (Å²) >= 11 is 0. The molecule has 0 saturated carbocycles. The van der Waals surface area contributed by atoms with Gasteiger partial charge >= 0.3 is 6.03 Å². The molecule has 1 unspecified atom stereocenters. The first kappa shape index (κ1) is 12.6. The molecule has 1 atom stereocenters. The van der Waals surface area contributed by atoms with Crippen molar-refractivity contribution in [3.05, 3.63) is 35.9 Å². The van der Waals surface area contributed by atoms with Crippen molar-refractivity contribution < 1.29 is 4.79 Å². The first-order chi connectivity index (χ1) is 8.58. The van der Waals surface area contributed by atoms with Crippen LogP contribution in [0.3, 0.4) is 0 Å². The molecule has 1 aliphatic heterocycles. The summed E-state index contributed by atoms with van der Waals surface area (Å²) in [5.74, 6) is 0.310. The molecule has 0 radical (unpaired) electrons. The molecule has 1 aromatic rings. The van der Waals surface area contributed by atoms with E-state index in [1.807, 2.05) is 37.3 Å². The van der Waals surface area contributed by atoms with Gasteiger partial charge in [0.25, 0.3) is 0 Å². The van der Waals surface area contributed by atoms with Crippen molar-refractivity contribution in [1.29, 1.82) is 5.41 Å². The minimum atomic E-state index is -0.498. The summed E-state index contributed by atoms with van der Waals surface area (Å²) in [5, 5.41) is 10.6. The van der Waals surface area contributed by atoms with Crippen LogP contribution < -0.4 is 5.32 Å². The van der Waals surface area contributed by atoms with E-state index < -0.39 is 5.54 Å². The van der Waals surface area contributed by atoms with E-state index in [2.05, 4.69) is 12.2 Å². The third-order valence-electron chi connectivity index (χ3n) is 3.53. The van der Waals surface area contributed by atoms with Crippen LogP contribution in [-0.4, -0.2) is 22.3 Å². The molecule has 1 aliphatic rings. The van der Waals surface area contributed by atoms with Crippen molar-refractivity contribution in [2.75, 3.05) is 0 Å². The number of nitrogens with one attached hydrogen (secondary N) is 2. The normalized spacial score (nSPS) is 23.3. The predicted octanol–water partition coefficient (Wildman–Crippen LogP) is 2.75. The number of urea groups is 1. The second-order valence-corrected chi connectivity index (χ2v) is 4.90. The second-order valence-electron chi connectivity index (χ2n) is 4.90. The van der Waals surface area contributed by atoms with Gasteiger partial charge in [-0.15, -0.1) is 0 Å². The van der Waals surface area contributed by atoms with Gasteiger partial charge in [-0.3, -0.25) is 10.7 Å². The largest absolute Gasteiger partial charge is 0.323 e. The van der Waals surface area contributed by atoms with Gasteiger partial charge in [0.2, 0.25) is 0 Å². The maximum absolute atomic E-state index is 12.0. The molecule has 1 fully saturated rings. The maximum Gasteiger partial charge on any atom is 0.323 e. The highest BCUT2D eigenvalue weighted by molar-refractivity contribution is 6.08. The molecular weight excluding hydrogens is 226 g/mol. The molecule has 18 heavy (non-hydrogen) atoms. The highest BCUT2D eigenvalue weighted by atomic mass is 16.2. The zero-order chi connectivity index (χ0) is 13.2. The Kier molecular flexibility index (Phi) is 3.36. The Labute approximate surface area is 108 Å². The molecule has 0 aromatic heterocycles. The Bertz CT molecular complexity index is 457. The molecule has 1 aromatic carbocycles. The summed E-state index contributed by atoms with van der Waals surface area (Å²) in [7, 11) is 0. The molecule has 1 heterocycles. The standard InChI is InChI=1S/C14H19N3O/c1-3-9-14(2)12(15)16-13(18)17(14)10-11-7-5-4-6-8-11/h4-8H,3,9-10H2,1-2H3,(H2,15,16,18). The molecule has 0 bridgehead atoms. The van der Waals surface area contributed by atoms with Gasteiger partial charge in [-0.1, -0.05) is 43.7 Å². The van der Waals surface area contributed by atoms with Crippen molar-refractivity contribution >= 4 is 11.9 Å². The Morgan fingerprint density at radius 3 is 2.61 bits per heavy atom. The highest BCUT2D eigenvalue weighted by Crippen LogP contribution is 2.28. The Balaban J connectivity index is 2.24. The van der Waals surface area contributed by atoms with E-state index in [1.54, 1.807) is 4.90 Å². The monoisotopic (exact) mass is 245 g/mol. The van der Waals surface area contributed by atoms with Gasteiger partial charge in [-0.2, -0.15) is 0 Å². The lowest BCUT2D eigenvalue weighted by Crippen LogP contribution is -2.46. The number of carbonyl (C=O) groups is 1. The number of hydrogen-bond acceptors (Lipinski definition) is 2. The lowest BCUT2D eigenvalue weighted by atomic mass is 9.93. The van der Waals surface area contributed by atoms with Crippen molar-refractivity contribution in [3.8, 4) is 0 Å². The zero-order valence-corrected chi connectivity index (χ0v) is 10.9. The summed E-state index contributed by atoms with van der Waals surface area (Å²) in [6.45, 7) is 4.58. The van der Waals surface area contributed by atoms with E-state index in [0.717, 1.165) is 18.4 Å². The summed E-state index contributed by atoms with van der Waals surface area (Å²) in [5.41, 5.74) is 0.589. The average molecular weight is 245 g/mol. The molecular formula is C14H19N3O. The van der Waals surface area contributed by atoms with E-state index in [9.17, 15) is 4.79 Å². The van der Waals surface area contributed by atoms with Crippen LogP contribution in [-0.2, 0) is 6.54 Å². The van der Waals surface area contributed by atoms with Gasteiger partial charge in [-0.25, -0.2) is 4.79 Å². The van der Waals surface area contributed by atoms with Gasteiger partial charge in [0.15, 0.2) is 0 Å². The molecule has 2 rings (SSSR count). The number of rotatable bonds is 4. The third kappa shape index (κ3) is 2.10. The number of amidine groups is 1. The fraction of sp³-hybridized carbons (Fsp3) is 0.429. The van der Waals surface area contributed by atoms with Crippen LogP contribution in [0.1, 0.15) is 32.3 Å². The summed E-state index contributed by atoms with van der Waals surface area (Å²) in [4.78, 5) is 13.7. The van der Waals surface area contributed by atoms with Crippen molar-refractivity contribution in [3.63, 3.8) is 0 Å². The Morgan fingerprint density at radius 2 is 2.00 bits per heavy atom. The van der Waals surface area contributed by atoms with Crippen LogP contribution in [0, 0.1) is 5.41 Å². The number of hydrogen-bond donors (Lipinski definition) is 2. The summed E-state index contributed by atoms with van der Waals surface area (Å²) in [6.07, 6.45) is 1.75. The average Bonchev–Trinajstić information content (AvgIpc) is 2.55. The molecule has 96 valence electrons. The SMILES string of the molecule is CCCC1(C)C(=N)NC(=O)N1Cc1ccccc1. The zero-order valence-electron chi connectivity index (χ0n) is 10.9. The quantitative estimate of drug-likeness (QED) is 0.842. The fourth-order valence-corrected chi connectivity index (χ4v) is 2.43. The lowest BCUT2D eigenvalue weighted by Gasteiger charge is -2.33. The molecule has 0 spiro atoms. The molecule has 2 amide bonds. The first-order valence-electron chi connectivity index (χ1n) is 6.29. The second kappa shape index (κ2) is 4.80. The van der Waals surface area contributed by atoms with E-state index in [4.69, 9.17) is 5.41 Å². The number of nitrogens with zero attached hydrogens (tertiary/aromatic N) is 1. The molecule has 4 heteroatoms. The topological polar surface area (TPSA) is 56.2 Å². The Hall–Kier alpha value is -1.84.